The molecule has 0 aromatic heterocycles. The normalized spacial score (nSPS) is 0. The summed E-state index contributed by atoms with van der Waals surface area (Å²) in [6, 6.07) is 0. The third-order valence-electron chi connectivity index (χ3n) is 0. The van der Waals surface area contributed by atoms with Crippen molar-refractivity contribution >= 4 is 0 Å². The van der Waals surface area contributed by atoms with Gasteiger partial charge < -0.3 is 0 Å². The molecule has 0 heterocycles. The molecule has 0 aromatic rings. The van der Waals surface area contributed by atoms with Crippen molar-refractivity contribution in [2.24, 2.45) is 0 Å². The van der Waals surface area contributed by atoms with Crippen LogP contribution in [-0.2, 0) is 5.48 Å². The number of rotatable bonds is 0. The van der Waals surface area contributed by atoms with Crippen molar-refractivity contribution < 1.29 is 138 Å². The zero-order valence-electron chi connectivity index (χ0n) is 1.47. The summed E-state index contributed by atoms with van der Waals surface area (Å²) in [4.78, 5) is 0. The molecular formula is ArKrOXe. The molecule has 2 radical (unpaired) electrons. The van der Waals surface area contributed by atoms with E-state index in [4.69, 9.17) is 0 Å². The van der Waals surface area contributed by atoms with Crippen LogP contribution in [0.3, 0.4) is 0 Å². The van der Waals surface area contributed by atoms with E-state index < -0.39 is 0 Å². The molecular weight excluding hydrogens is 271 g/mol. The number of hydrogen-bond donors (Lipinski definition) is 0. The van der Waals surface area contributed by atoms with E-state index in [1.165, 1.54) is 0 Å². The molecule has 0 saturated heterocycles. The van der Waals surface area contributed by atoms with Crippen LogP contribution in [0.15, 0.2) is 0 Å². The Bertz CT molecular complexity index is 8.00. The SMILES string of the molecule is [Ar].[Kr].[O].[Xe]. The van der Waals surface area contributed by atoms with E-state index in [1.807, 2.05) is 0 Å². The van der Waals surface area contributed by atoms with Crippen LogP contribution >= 0.6 is 0 Å². The molecule has 4 heavy (non-hydrogen) atoms. The summed E-state index contributed by atoms with van der Waals surface area (Å²) in [7, 11) is 0. The molecule has 0 unspecified atom stereocenters. The maximum absolute atomic E-state index is 0. The van der Waals surface area contributed by atoms with Crippen molar-refractivity contribution in [3.63, 3.8) is 0 Å². The second-order valence-corrected chi connectivity index (χ2v) is 0. The second kappa shape index (κ2) is 15.7. The summed E-state index contributed by atoms with van der Waals surface area (Å²) in [5.74, 6) is 0. The van der Waals surface area contributed by atoms with E-state index in [9.17, 15) is 0 Å². The van der Waals surface area contributed by atoms with Crippen molar-refractivity contribution in [2.45, 2.75) is 0 Å². The van der Waals surface area contributed by atoms with Gasteiger partial charge in [-0.25, -0.2) is 0 Å². The van der Waals surface area contributed by atoms with E-state index >= 15 is 0 Å². The Morgan fingerprint density at radius 1 is 1.00 bits per heavy atom. The molecule has 0 bridgehead atoms. The summed E-state index contributed by atoms with van der Waals surface area (Å²) < 4.78 is 0. The van der Waals surface area contributed by atoms with Gasteiger partial charge >= 0.3 is 0 Å². The van der Waals surface area contributed by atoms with Gasteiger partial charge in [-0.1, -0.05) is 0 Å². The van der Waals surface area contributed by atoms with E-state index in [-0.39, 0.29) is 138 Å². The second-order valence-electron chi connectivity index (χ2n) is 0. The molecule has 1 nitrogen and oxygen atoms in total. The van der Waals surface area contributed by atoms with Gasteiger partial charge in [-0.15, -0.1) is 0 Å². The molecule has 0 aliphatic heterocycles. The van der Waals surface area contributed by atoms with Gasteiger partial charge in [-0.05, 0) is 0 Å². The quantitative estimate of drug-likeness (QED) is 0.588. The zero-order valence-corrected chi connectivity index (χ0v) is 5.68. The maximum Gasteiger partial charge on any atom is 0 e. The Morgan fingerprint density at radius 2 is 1.00 bits per heavy atom. The molecule has 0 atom stereocenters. The monoisotopic (exact) mass is 272 g/mol. The molecule has 0 rings (SSSR count). The summed E-state index contributed by atoms with van der Waals surface area (Å²) in [5.41, 5.74) is 0. The Labute approximate surface area is 133 Å². The van der Waals surface area contributed by atoms with Crippen LogP contribution in [-0.4, -0.2) is 0 Å². The standard InChI is InChI=1S/Ar.Kr.O.Xe. The Hall–Kier alpha value is 4.27. The van der Waals surface area contributed by atoms with Gasteiger partial charge in [0, 0.05) is 138 Å². The minimum absolute atomic E-state index is 0. The Morgan fingerprint density at radius 3 is 1.00 bits per heavy atom. The molecule has 0 fully saturated rings. The molecule has 0 saturated carbocycles. The maximum atomic E-state index is 0. The Balaban J connectivity index is 0. The van der Waals surface area contributed by atoms with Crippen molar-refractivity contribution in [1.82, 2.24) is 0 Å². The average Bonchev–Trinajstić information content (AvgIpc) is 0. The van der Waals surface area contributed by atoms with E-state index in [1.54, 1.807) is 0 Å². The van der Waals surface area contributed by atoms with Crippen molar-refractivity contribution in [2.75, 3.05) is 0 Å². The minimum atomic E-state index is 0. The molecule has 0 aromatic carbocycles. The fourth-order valence-corrected chi connectivity index (χ4v) is 0. The van der Waals surface area contributed by atoms with Gasteiger partial charge in [0.25, 0.3) is 0 Å². The van der Waals surface area contributed by atoms with Gasteiger partial charge in [0.2, 0.25) is 0 Å². The van der Waals surface area contributed by atoms with Crippen LogP contribution < -0.4 is 0 Å². The van der Waals surface area contributed by atoms with Crippen molar-refractivity contribution in [3.05, 3.63) is 0 Å². The first-order chi connectivity index (χ1) is 0. The van der Waals surface area contributed by atoms with E-state index in [0.29, 0.717) is 0 Å². The van der Waals surface area contributed by atoms with Crippen molar-refractivity contribution in [3.8, 4) is 0 Å². The first-order valence-electron chi connectivity index (χ1n) is 0. The van der Waals surface area contributed by atoms with E-state index in [2.05, 4.69) is 0 Å². The van der Waals surface area contributed by atoms with Gasteiger partial charge in [-0.2, -0.15) is 0 Å². The molecule has 0 aliphatic rings. The summed E-state index contributed by atoms with van der Waals surface area (Å²) in [6.07, 6.45) is 0. The summed E-state index contributed by atoms with van der Waals surface area (Å²) >= 11 is 0. The van der Waals surface area contributed by atoms with E-state index in [0.717, 1.165) is 0 Å². The molecule has 0 spiro atoms. The summed E-state index contributed by atoms with van der Waals surface area (Å²) in [5, 5.41) is 0. The fraction of sp³-hybridized carbons (Fsp3) is 0. The smallest absolute Gasteiger partial charge is 0 e. The predicted molar refractivity (Wildman–Crippen MR) is 0.686 cm³/mol. The molecule has 0 amide bonds. The summed E-state index contributed by atoms with van der Waals surface area (Å²) in [6.45, 7) is 0. The fourth-order valence-electron chi connectivity index (χ4n) is 0. The molecule has 30 valence electrons. The van der Waals surface area contributed by atoms with Crippen LogP contribution in [0.2, 0.25) is 0 Å². The van der Waals surface area contributed by atoms with Crippen LogP contribution in [0.25, 0.3) is 0 Å². The van der Waals surface area contributed by atoms with Crippen LogP contribution in [0.5, 0.6) is 0 Å². The molecule has 0 aliphatic carbocycles. The van der Waals surface area contributed by atoms with Gasteiger partial charge in [-0.3, -0.25) is 0 Å². The first-order valence-corrected chi connectivity index (χ1v) is 0. The van der Waals surface area contributed by atoms with Gasteiger partial charge in [0.05, 0.1) is 0 Å². The average molecular weight is 271 g/mol. The van der Waals surface area contributed by atoms with Crippen molar-refractivity contribution in [1.29, 1.82) is 0 Å². The minimum Gasteiger partial charge on any atom is 0 e. The van der Waals surface area contributed by atoms with Gasteiger partial charge in [0.1, 0.15) is 0 Å². The third-order valence-corrected chi connectivity index (χ3v) is 0. The van der Waals surface area contributed by atoms with Crippen LogP contribution in [0, 0.1) is 132 Å². The van der Waals surface area contributed by atoms with Crippen LogP contribution in [0.4, 0.5) is 0 Å². The largest absolute Gasteiger partial charge is 0 e. The molecule has 0 N–H and O–H groups in total. The Kier molecular flexibility index (Phi) is 93.9. The third kappa shape index (κ3) is 9.55. The molecule has 4 heteroatoms. The topological polar surface area (TPSA) is 28.5 Å². The van der Waals surface area contributed by atoms with Gasteiger partial charge in [0.15, 0.2) is 0 Å². The zero-order chi connectivity index (χ0) is 0. The first kappa shape index (κ1) is 24.0. The van der Waals surface area contributed by atoms with Crippen LogP contribution in [0.1, 0.15) is 0 Å². The number of hydrogen-bond acceptors (Lipinski definition) is 0. The predicted octanol–water partition coefficient (Wildman–Crippen LogP) is -0.119.